The molecule has 1 aromatic heterocycles. The molecule has 0 aliphatic carbocycles. The number of nitrogens with one attached hydrogen (secondary N) is 1. The molecule has 5 nitrogen and oxygen atoms in total. The third-order valence-corrected chi connectivity index (χ3v) is 5.64. The molecule has 3 aromatic rings. The summed E-state index contributed by atoms with van der Waals surface area (Å²) >= 11 is 5.77. The Bertz CT molecular complexity index is 953. The number of hydrogen-bond donors (Lipinski definition) is 1. The van der Waals surface area contributed by atoms with E-state index in [1.54, 1.807) is 12.1 Å². The SMILES string of the molecule is O=C(Nc1ccc(N2CCN(CCc3ccccc3)CC2)cc1)c1ccc(Cl)nc1. The van der Waals surface area contributed by atoms with Crippen molar-refractivity contribution in [2.45, 2.75) is 6.42 Å². The molecule has 1 N–H and O–H groups in total. The zero-order valence-electron chi connectivity index (χ0n) is 16.8. The number of piperazine rings is 1. The predicted molar refractivity (Wildman–Crippen MR) is 122 cm³/mol. The average molecular weight is 421 g/mol. The second kappa shape index (κ2) is 9.74. The van der Waals surface area contributed by atoms with Crippen LogP contribution in [0.3, 0.4) is 0 Å². The zero-order chi connectivity index (χ0) is 20.8. The fraction of sp³-hybridized carbons (Fsp3) is 0.250. The van der Waals surface area contributed by atoms with Crippen molar-refractivity contribution in [3.63, 3.8) is 0 Å². The van der Waals surface area contributed by atoms with Crippen molar-refractivity contribution in [1.82, 2.24) is 9.88 Å². The van der Waals surface area contributed by atoms with Crippen molar-refractivity contribution >= 4 is 28.9 Å². The Kier molecular flexibility index (Phi) is 6.62. The minimum atomic E-state index is -0.195. The van der Waals surface area contributed by atoms with Crippen LogP contribution in [0.15, 0.2) is 72.9 Å². The van der Waals surface area contributed by atoms with Crippen molar-refractivity contribution in [2.75, 3.05) is 42.9 Å². The molecule has 2 heterocycles. The van der Waals surface area contributed by atoms with Crippen molar-refractivity contribution in [3.05, 3.63) is 89.2 Å². The third-order valence-electron chi connectivity index (χ3n) is 5.41. The molecule has 4 rings (SSSR count). The lowest BCUT2D eigenvalue weighted by Gasteiger charge is -2.36. The Morgan fingerprint density at radius 1 is 0.933 bits per heavy atom. The first kappa shape index (κ1) is 20.4. The highest BCUT2D eigenvalue weighted by Gasteiger charge is 2.17. The van der Waals surface area contributed by atoms with Crippen LogP contribution in [0.2, 0.25) is 5.15 Å². The molecule has 0 atom stereocenters. The lowest BCUT2D eigenvalue weighted by Crippen LogP contribution is -2.47. The molecule has 154 valence electrons. The number of amides is 1. The number of anilines is 2. The number of benzene rings is 2. The highest BCUT2D eigenvalue weighted by molar-refractivity contribution is 6.29. The number of rotatable bonds is 6. The maximum absolute atomic E-state index is 12.3. The molecule has 1 saturated heterocycles. The van der Waals surface area contributed by atoms with Crippen LogP contribution in [-0.2, 0) is 6.42 Å². The Hall–Kier alpha value is -2.89. The summed E-state index contributed by atoms with van der Waals surface area (Å²) in [7, 11) is 0. The van der Waals surface area contributed by atoms with Crippen LogP contribution >= 0.6 is 11.6 Å². The van der Waals surface area contributed by atoms with Gasteiger partial charge in [0.15, 0.2) is 0 Å². The number of nitrogens with zero attached hydrogens (tertiary/aromatic N) is 3. The van der Waals surface area contributed by atoms with E-state index in [-0.39, 0.29) is 5.91 Å². The molecule has 0 bridgehead atoms. The molecule has 30 heavy (non-hydrogen) atoms. The first-order valence-electron chi connectivity index (χ1n) is 10.2. The lowest BCUT2D eigenvalue weighted by molar-refractivity contribution is 0.102. The van der Waals surface area contributed by atoms with Gasteiger partial charge >= 0.3 is 0 Å². The lowest BCUT2D eigenvalue weighted by atomic mass is 10.1. The van der Waals surface area contributed by atoms with Gasteiger partial charge < -0.3 is 10.2 Å². The van der Waals surface area contributed by atoms with E-state index in [0.29, 0.717) is 10.7 Å². The highest BCUT2D eigenvalue weighted by Crippen LogP contribution is 2.20. The van der Waals surface area contributed by atoms with E-state index < -0.39 is 0 Å². The van der Waals surface area contributed by atoms with Gasteiger partial charge in [0, 0.05) is 50.3 Å². The Balaban J connectivity index is 1.26. The van der Waals surface area contributed by atoms with E-state index in [1.165, 1.54) is 17.4 Å². The fourth-order valence-corrected chi connectivity index (χ4v) is 3.74. The van der Waals surface area contributed by atoms with Crippen molar-refractivity contribution < 1.29 is 4.79 Å². The van der Waals surface area contributed by atoms with Crippen molar-refractivity contribution in [2.24, 2.45) is 0 Å². The van der Waals surface area contributed by atoms with E-state index in [1.807, 2.05) is 12.1 Å². The zero-order valence-corrected chi connectivity index (χ0v) is 17.6. The molecule has 1 fully saturated rings. The first-order valence-corrected chi connectivity index (χ1v) is 10.6. The largest absolute Gasteiger partial charge is 0.369 e. The summed E-state index contributed by atoms with van der Waals surface area (Å²) < 4.78 is 0. The summed E-state index contributed by atoms with van der Waals surface area (Å²) in [6.07, 6.45) is 2.57. The van der Waals surface area contributed by atoms with Gasteiger partial charge in [-0.3, -0.25) is 9.69 Å². The van der Waals surface area contributed by atoms with E-state index in [9.17, 15) is 4.79 Å². The van der Waals surface area contributed by atoms with Crippen LogP contribution in [0.25, 0.3) is 0 Å². The Labute approximate surface area is 182 Å². The van der Waals surface area contributed by atoms with Crippen molar-refractivity contribution in [3.8, 4) is 0 Å². The summed E-state index contributed by atoms with van der Waals surface area (Å²) in [4.78, 5) is 21.2. The Morgan fingerprint density at radius 2 is 1.67 bits per heavy atom. The van der Waals surface area contributed by atoms with Gasteiger partial charge in [0.2, 0.25) is 0 Å². The predicted octanol–water partition coefficient (Wildman–Crippen LogP) is 4.35. The number of carbonyl (C=O) groups excluding carboxylic acids is 1. The molecule has 1 amide bonds. The molecule has 1 aliphatic rings. The molecule has 6 heteroatoms. The molecule has 0 unspecified atom stereocenters. The van der Waals surface area contributed by atoms with E-state index in [0.717, 1.165) is 44.8 Å². The van der Waals surface area contributed by atoms with Gasteiger partial charge in [-0.2, -0.15) is 0 Å². The third kappa shape index (κ3) is 5.38. The summed E-state index contributed by atoms with van der Waals surface area (Å²) in [5, 5.41) is 3.27. The second-order valence-corrected chi connectivity index (χ2v) is 7.82. The molecule has 0 saturated carbocycles. The van der Waals surface area contributed by atoms with Gasteiger partial charge in [0.25, 0.3) is 5.91 Å². The number of hydrogen-bond acceptors (Lipinski definition) is 4. The summed E-state index contributed by atoms with van der Waals surface area (Å²) in [5.74, 6) is -0.195. The highest BCUT2D eigenvalue weighted by atomic mass is 35.5. The van der Waals surface area contributed by atoms with Crippen LogP contribution < -0.4 is 10.2 Å². The smallest absolute Gasteiger partial charge is 0.257 e. The van der Waals surface area contributed by atoms with Crippen LogP contribution in [0.4, 0.5) is 11.4 Å². The number of carbonyl (C=O) groups is 1. The summed E-state index contributed by atoms with van der Waals surface area (Å²) in [6.45, 7) is 5.25. The van der Waals surface area contributed by atoms with E-state index >= 15 is 0 Å². The van der Waals surface area contributed by atoms with Gasteiger partial charge in [-0.15, -0.1) is 0 Å². The number of aromatic nitrogens is 1. The monoisotopic (exact) mass is 420 g/mol. The molecule has 0 spiro atoms. The molecule has 2 aromatic carbocycles. The Morgan fingerprint density at radius 3 is 2.33 bits per heavy atom. The van der Waals surface area contributed by atoms with Crippen molar-refractivity contribution in [1.29, 1.82) is 0 Å². The maximum Gasteiger partial charge on any atom is 0.257 e. The fourth-order valence-electron chi connectivity index (χ4n) is 3.63. The minimum absolute atomic E-state index is 0.195. The normalized spacial score (nSPS) is 14.5. The van der Waals surface area contributed by atoms with Crippen LogP contribution in [0.1, 0.15) is 15.9 Å². The minimum Gasteiger partial charge on any atom is -0.369 e. The van der Waals surface area contributed by atoms with E-state index in [4.69, 9.17) is 11.6 Å². The van der Waals surface area contributed by atoms with Crippen LogP contribution in [-0.4, -0.2) is 48.5 Å². The molecular weight excluding hydrogens is 396 g/mol. The standard InChI is InChI=1S/C24H25ClN4O/c25-23-11-6-20(18-26-23)24(30)27-21-7-9-22(10-8-21)29-16-14-28(15-17-29)13-12-19-4-2-1-3-5-19/h1-11,18H,12-17H2,(H,27,30). The van der Waals surface area contributed by atoms with Crippen LogP contribution in [0, 0.1) is 0 Å². The topological polar surface area (TPSA) is 48.5 Å². The first-order chi connectivity index (χ1) is 14.7. The van der Waals surface area contributed by atoms with E-state index in [2.05, 4.69) is 62.6 Å². The second-order valence-electron chi connectivity index (χ2n) is 7.43. The molecule has 0 radical (unpaired) electrons. The van der Waals surface area contributed by atoms with Gasteiger partial charge in [-0.1, -0.05) is 41.9 Å². The quantitative estimate of drug-likeness (QED) is 0.602. The molecule has 1 aliphatic heterocycles. The van der Waals surface area contributed by atoms with Crippen LogP contribution in [0.5, 0.6) is 0 Å². The summed E-state index contributed by atoms with van der Waals surface area (Å²) in [5.41, 5.74) is 3.83. The number of pyridine rings is 1. The van der Waals surface area contributed by atoms with Gasteiger partial charge in [-0.25, -0.2) is 4.98 Å². The summed E-state index contributed by atoms with van der Waals surface area (Å²) in [6, 6.07) is 21.9. The number of halogens is 1. The van der Waals surface area contributed by atoms with Gasteiger partial charge in [-0.05, 0) is 48.4 Å². The maximum atomic E-state index is 12.3. The van der Waals surface area contributed by atoms with Gasteiger partial charge in [0.05, 0.1) is 5.56 Å². The molecular formula is C24H25ClN4O. The average Bonchev–Trinajstić information content (AvgIpc) is 2.80. The van der Waals surface area contributed by atoms with Gasteiger partial charge in [0.1, 0.15) is 5.15 Å².